The van der Waals surface area contributed by atoms with Crippen molar-refractivity contribution in [3.05, 3.63) is 0 Å². The third-order valence-corrected chi connectivity index (χ3v) is 0. The van der Waals surface area contributed by atoms with Crippen molar-refractivity contribution in [3.8, 4) is 0 Å². The molecule has 0 saturated heterocycles. The van der Waals surface area contributed by atoms with E-state index in [0.717, 1.165) is 0 Å². The van der Waals surface area contributed by atoms with Crippen molar-refractivity contribution in [1.82, 2.24) is 0 Å². The summed E-state index contributed by atoms with van der Waals surface area (Å²) in [6.07, 6.45) is 0. The summed E-state index contributed by atoms with van der Waals surface area (Å²) in [6, 6.07) is 0. The first kappa shape index (κ1) is 41.4. The zero-order chi connectivity index (χ0) is 0. The van der Waals surface area contributed by atoms with Crippen molar-refractivity contribution in [2.45, 2.75) is 0 Å². The van der Waals surface area contributed by atoms with Crippen molar-refractivity contribution >= 4 is 34.7 Å². The summed E-state index contributed by atoms with van der Waals surface area (Å²) in [6.45, 7) is 0. The van der Waals surface area contributed by atoms with Gasteiger partial charge in [0.25, 0.3) is 0 Å². The van der Waals surface area contributed by atoms with Gasteiger partial charge in [0.05, 0.1) is 0 Å². The van der Waals surface area contributed by atoms with Gasteiger partial charge in [-0.25, -0.2) is 0 Å². The minimum atomic E-state index is 0. The number of rotatable bonds is 0. The fourth-order valence-corrected chi connectivity index (χ4v) is 0. The molecule has 24 valence electrons. The van der Waals surface area contributed by atoms with Crippen LogP contribution in [0.25, 0.3) is 0 Å². The van der Waals surface area contributed by atoms with Gasteiger partial charge in [0.2, 0.25) is 0 Å². The van der Waals surface area contributed by atoms with Gasteiger partial charge in [0.1, 0.15) is 0 Å². The first-order chi connectivity index (χ1) is 0. The van der Waals surface area contributed by atoms with Crippen LogP contribution < -0.4 is 0 Å². The van der Waals surface area contributed by atoms with Gasteiger partial charge in [-0.05, 0) is 0 Å². The van der Waals surface area contributed by atoms with Crippen LogP contribution in [0.15, 0.2) is 0 Å². The first-order valence-corrected chi connectivity index (χ1v) is 0. The fourth-order valence-electron chi connectivity index (χ4n) is 0. The Kier molecular flexibility index (Phi) is 224. The normalized spacial score (nSPS) is 0. The minimum Gasteiger partial charge on any atom is 0 e. The van der Waals surface area contributed by atoms with Gasteiger partial charge in [0, 0.05) is 65.2 Å². The van der Waals surface area contributed by atoms with Crippen LogP contribution in [0, 0.1) is 0 Å². The van der Waals surface area contributed by atoms with Gasteiger partial charge in [-0.15, -0.1) is 0 Å². The molecule has 0 saturated carbocycles. The van der Waals surface area contributed by atoms with Crippen LogP contribution in [-0.4, -0.2) is 34.7 Å². The maximum atomic E-state index is 0. The monoisotopic (exact) mass is 204 g/mol. The van der Waals surface area contributed by atoms with Crippen LogP contribution in [0.1, 0.15) is 0 Å². The van der Waals surface area contributed by atoms with E-state index >= 15 is 0 Å². The van der Waals surface area contributed by atoms with E-state index in [9.17, 15) is 0 Å². The van der Waals surface area contributed by atoms with E-state index in [-0.39, 0.29) is 99.9 Å². The van der Waals surface area contributed by atoms with Gasteiger partial charge in [-0.2, -0.15) is 0 Å². The molecule has 0 atom stereocenters. The molecule has 0 heterocycles. The van der Waals surface area contributed by atoms with Gasteiger partial charge in [-0.1, -0.05) is 0 Å². The summed E-state index contributed by atoms with van der Waals surface area (Å²) >= 11 is 0. The Bertz CT molecular complexity index is 4.85. The summed E-state index contributed by atoms with van der Waals surface area (Å²) < 4.78 is 0. The average Bonchev–Trinajstić information content (AvgIpc) is 0. The molecule has 0 aliphatic heterocycles. The van der Waals surface area contributed by atoms with Crippen molar-refractivity contribution in [2.75, 3.05) is 0 Å². The number of hydrogen-bond acceptors (Lipinski definition) is 0. The van der Waals surface area contributed by atoms with Crippen molar-refractivity contribution in [3.63, 3.8) is 0 Å². The molecular formula is H6Al2Ti3. The summed E-state index contributed by atoms with van der Waals surface area (Å²) in [4.78, 5) is 0. The quantitative estimate of drug-likeness (QED) is 0.386. The average molecular weight is 204 g/mol. The van der Waals surface area contributed by atoms with Crippen LogP contribution in [0.4, 0.5) is 0 Å². The van der Waals surface area contributed by atoms with E-state index in [1.165, 1.54) is 0 Å². The molecule has 0 nitrogen and oxygen atoms in total. The molecule has 0 spiro atoms. The van der Waals surface area contributed by atoms with Crippen molar-refractivity contribution < 1.29 is 65.2 Å². The molecule has 0 aromatic carbocycles. The molecular weight excluding hydrogens is 198 g/mol. The molecule has 0 fully saturated rings. The Morgan fingerprint density at radius 2 is 0.400 bits per heavy atom. The molecule has 0 aliphatic carbocycles. The summed E-state index contributed by atoms with van der Waals surface area (Å²) in [5.41, 5.74) is 0. The standard InChI is InChI=1S/2Al.3Ti.6H. The molecule has 0 radical (unpaired) electrons. The predicted octanol–water partition coefficient (Wildman–Crippen LogP) is -2.38. The SMILES string of the molecule is [AlH3].[AlH3].[Ti].[Ti].[Ti]. The Hall–Kier alpha value is 3.21. The molecule has 0 unspecified atom stereocenters. The molecule has 0 amide bonds. The zero-order valence-electron chi connectivity index (χ0n) is 1.50. The van der Waals surface area contributed by atoms with Gasteiger partial charge < -0.3 is 0 Å². The maximum absolute atomic E-state index is 0. The molecule has 5 heteroatoms. The largest absolute Gasteiger partial charge is 0.187 e. The minimum absolute atomic E-state index is 0. The summed E-state index contributed by atoms with van der Waals surface area (Å²) in [5, 5.41) is 0. The first-order valence-electron chi connectivity index (χ1n) is 0. The van der Waals surface area contributed by atoms with E-state index in [2.05, 4.69) is 0 Å². The Morgan fingerprint density at radius 3 is 0.400 bits per heavy atom. The van der Waals surface area contributed by atoms with Crippen molar-refractivity contribution in [1.29, 1.82) is 0 Å². The fraction of sp³-hybridized carbons (Fsp3) is 0. The van der Waals surface area contributed by atoms with E-state index in [1.54, 1.807) is 0 Å². The Morgan fingerprint density at radius 1 is 0.400 bits per heavy atom. The maximum Gasteiger partial charge on any atom is 0.187 e. The molecule has 5 heavy (non-hydrogen) atoms. The smallest absolute Gasteiger partial charge is 0 e. The van der Waals surface area contributed by atoms with Crippen LogP contribution in [-0.2, 0) is 65.2 Å². The third kappa shape index (κ3) is 19.0. The molecule has 0 bridgehead atoms. The number of hydrogen-bond donors (Lipinski definition) is 0. The molecule has 0 aliphatic rings. The van der Waals surface area contributed by atoms with Gasteiger partial charge in [-0.3, -0.25) is 0 Å². The molecule has 0 N–H and O–H groups in total. The molecule has 0 aromatic heterocycles. The molecule has 0 aromatic rings. The van der Waals surface area contributed by atoms with Gasteiger partial charge >= 0.3 is 0 Å². The van der Waals surface area contributed by atoms with E-state index in [1.807, 2.05) is 0 Å². The summed E-state index contributed by atoms with van der Waals surface area (Å²) in [5.74, 6) is 0. The second kappa shape index (κ2) is 27.0. The van der Waals surface area contributed by atoms with Crippen molar-refractivity contribution in [2.24, 2.45) is 0 Å². The van der Waals surface area contributed by atoms with Crippen LogP contribution in [0.3, 0.4) is 0 Å². The zero-order valence-corrected chi connectivity index (χ0v) is 6.18. The van der Waals surface area contributed by atoms with E-state index < -0.39 is 0 Å². The van der Waals surface area contributed by atoms with E-state index in [0.29, 0.717) is 0 Å². The summed E-state index contributed by atoms with van der Waals surface area (Å²) in [7, 11) is 0. The predicted molar refractivity (Wildman–Crippen MR) is 19.9 cm³/mol. The van der Waals surface area contributed by atoms with Crippen LogP contribution in [0.5, 0.6) is 0 Å². The molecule has 0 rings (SSSR count). The van der Waals surface area contributed by atoms with Crippen LogP contribution >= 0.6 is 0 Å². The van der Waals surface area contributed by atoms with E-state index in [4.69, 9.17) is 0 Å². The third-order valence-electron chi connectivity index (χ3n) is 0. The Labute approximate surface area is 98.1 Å². The second-order valence-corrected chi connectivity index (χ2v) is 0. The second-order valence-electron chi connectivity index (χ2n) is 0. The van der Waals surface area contributed by atoms with Gasteiger partial charge in [0.15, 0.2) is 34.7 Å². The van der Waals surface area contributed by atoms with Crippen LogP contribution in [0.2, 0.25) is 0 Å². The topological polar surface area (TPSA) is 0 Å². The Balaban J connectivity index is 0.